The number of aromatic amines is 2. The molecule has 16 aromatic rings. The van der Waals surface area contributed by atoms with Gasteiger partial charge < -0.3 is 19.1 Å². The van der Waals surface area contributed by atoms with Crippen LogP contribution in [0.2, 0.25) is 0 Å². The van der Waals surface area contributed by atoms with E-state index in [1.807, 2.05) is 0 Å². The number of halogens is 1. The summed E-state index contributed by atoms with van der Waals surface area (Å²) in [6.45, 7) is 14.1. The van der Waals surface area contributed by atoms with E-state index in [9.17, 15) is 0 Å². The fraction of sp³-hybridized carbons (Fsp3) is 0.122. The van der Waals surface area contributed by atoms with Crippen LogP contribution in [0.3, 0.4) is 0 Å². The maximum atomic E-state index is 3.58. The third-order valence-corrected chi connectivity index (χ3v) is 20.3. The highest BCUT2D eigenvalue weighted by atomic mass is 79.9. The van der Waals surface area contributed by atoms with Crippen LogP contribution in [0.4, 0.5) is 0 Å². The lowest BCUT2D eigenvalue weighted by molar-refractivity contribution is 0.660. The number of nitrogens with zero attached hydrogens (tertiary/aromatic N) is 2. The summed E-state index contributed by atoms with van der Waals surface area (Å²) in [6.07, 6.45) is 0. The van der Waals surface area contributed by atoms with Gasteiger partial charge in [0.05, 0.1) is 27.6 Å². The van der Waals surface area contributed by atoms with Gasteiger partial charge in [-0.25, -0.2) is 0 Å². The van der Waals surface area contributed by atoms with E-state index in [2.05, 4.69) is 325 Å². The molecule has 420 valence electrons. The van der Waals surface area contributed by atoms with Crippen LogP contribution in [-0.4, -0.2) is 19.1 Å². The highest BCUT2D eigenvalue weighted by Gasteiger charge is 2.38. The predicted molar refractivity (Wildman–Crippen MR) is 374 cm³/mol. The minimum absolute atomic E-state index is 0. The van der Waals surface area contributed by atoms with Gasteiger partial charge in [0.15, 0.2) is 0 Å². The van der Waals surface area contributed by atoms with E-state index in [1.165, 1.54) is 165 Å². The van der Waals surface area contributed by atoms with Gasteiger partial charge in [-0.2, -0.15) is 0 Å². The van der Waals surface area contributed by atoms with Gasteiger partial charge in [-0.15, -0.1) is 0 Å². The average molecular weight is 1190 g/mol. The van der Waals surface area contributed by atoms with Gasteiger partial charge in [-0.1, -0.05) is 241 Å². The second-order valence-electron chi connectivity index (χ2n) is 25.5. The summed E-state index contributed by atoms with van der Waals surface area (Å²) in [5, 5.41) is 10.3. The number of para-hydroxylation sites is 4. The lowest BCUT2D eigenvalue weighted by Crippen LogP contribution is -2.15. The van der Waals surface area contributed by atoms with E-state index in [0.29, 0.717) is 0 Å². The van der Waals surface area contributed by atoms with Crippen LogP contribution in [0, 0.1) is 0 Å². The molecule has 0 unspecified atom stereocenters. The Balaban J connectivity index is 0.000000134. The van der Waals surface area contributed by atoms with Crippen molar-refractivity contribution in [2.24, 2.45) is 0 Å². The Bertz CT molecular complexity index is 5540. The molecule has 0 aliphatic heterocycles. The lowest BCUT2D eigenvalue weighted by Gasteiger charge is -2.22. The van der Waals surface area contributed by atoms with Crippen LogP contribution in [0.15, 0.2) is 253 Å². The molecule has 4 nitrogen and oxygen atoms in total. The topological polar surface area (TPSA) is 41.4 Å². The molecule has 3 aliphatic rings. The third-order valence-electron chi connectivity index (χ3n) is 19.8. The van der Waals surface area contributed by atoms with Crippen LogP contribution in [-0.2, 0) is 16.2 Å². The fourth-order valence-electron chi connectivity index (χ4n) is 15.7. The molecule has 87 heavy (non-hydrogen) atoms. The molecule has 12 aromatic carbocycles. The Kier molecular flexibility index (Phi) is 11.6. The number of hydrogen-bond donors (Lipinski definition) is 2. The minimum Gasteiger partial charge on any atom is -0.354 e. The Morgan fingerprint density at radius 2 is 0.736 bits per heavy atom. The molecule has 0 saturated carbocycles. The van der Waals surface area contributed by atoms with Crippen LogP contribution in [0.25, 0.3) is 132 Å². The quantitative estimate of drug-likeness (QED) is 0.173. The number of H-pyrrole nitrogens is 2. The SMILES string of the molecule is C.CC1(C)c2ccccc2-c2ccc(-n3c4ccccc4c4c3ccc3c5ccccc5n(-c5ccc6c(c5)C(C)(C)c5ccccc5-6)c34)cc21.CC1(C)c2ccccc2-c2ccc(Br)cc21.c1ccc2c(c1)[nH]c1c2ccc2[nH]c3ccccc3c21. The van der Waals surface area contributed by atoms with Gasteiger partial charge in [0.1, 0.15) is 0 Å². The van der Waals surface area contributed by atoms with Crippen LogP contribution in [0.1, 0.15) is 82.3 Å². The molecule has 0 fully saturated rings. The molecule has 5 heteroatoms. The number of benzene rings is 12. The van der Waals surface area contributed by atoms with Crippen molar-refractivity contribution in [3.05, 3.63) is 287 Å². The van der Waals surface area contributed by atoms with Crippen molar-refractivity contribution < 1.29 is 0 Å². The Hall–Kier alpha value is -9.68. The molecular formula is C82H65BrN4. The van der Waals surface area contributed by atoms with Gasteiger partial charge in [0.2, 0.25) is 0 Å². The maximum absolute atomic E-state index is 3.58. The summed E-state index contributed by atoms with van der Waals surface area (Å²) in [7, 11) is 0. The van der Waals surface area contributed by atoms with Crippen molar-refractivity contribution in [3.63, 3.8) is 0 Å². The monoisotopic (exact) mass is 1180 g/mol. The first-order valence-corrected chi connectivity index (χ1v) is 30.9. The molecule has 0 atom stereocenters. The van der Waals surface area contributed by atoms with Crippen molar-refractivity contribution in [1.29, 1.82) is 0 Å². The normalized spacial score (nSPS) is 14.3. The highest BCUT2D eigenvalue weighted by molar-refractivity contribution is 9.10. The van der Waals surface area contributed by atoms with Crippen LogP contribution < -0.4 is 0 Å². The second kappa shape index (κ2) is 19.2. The predicted octanol–water partition coefficient (Wildman–Crippen LogP) is 22.8. The summed E-state index contributed by atoms with van der Waals surface area (Å²) >= 11 is 3.56. The standard InChI is InChI=1S/C48H36N2.C18H12N2.C15H13Br.CH4/c1-47(2)38-17-9-5-13-31(38)33-23-21-29(27-40(33)47)49-43-20-12-8-16-37(43)45-44(49)26-25-36-35-15-7-11-19-42(35)50(46(36)45)30-22-24-34-32-14-6-10-18-39(32)48(3,4)41(34)28-30;1-3-7-14-11(5-1)12-9-10-16-17(18(12)20-14)13-6-2-4-8-15(13)19-16;1-15(2)13-6-4-3-5-11(13)12-8-7-10(16)9-14(12)15;/h5-28H,1-4H3;1-10,19-20H;3-9H,1-2H3;1H4. The van der Waals surface area contributed by atoms with Gasteiger partial charge in [0.25, 0.3) is 0 Å². The fourth-order valence-corrected chi connectivity index (χ4v) is 16.0. The largest absolute Gasteiger partial charge is 0.354 e. The minimum atomic E-state index is -0.0763. The summed E-state index contributed by atoms with van der Waals surface area (Å²) in [5.41, 5.74) is 28.7. The molecule has 0 spiro atoms. The number of hydrogen-bond acceptors (Lipinski definition) is 0. The summed E-state index contributed by atoms with van der Waals surface area (Å²) in [6, 6.07) is 91.3. The van der Waals surface area contributed by atoms with Crippen molar-refractivity contribution in [2.45, 2.75) is 65.2 Å². The van der Waals surface area contributed by atoms with Gasteiger partial charge in [-0.3, -0.25) is 0 Å². The van der Waals surface area contributed by atoms with Crippen molar-refractivity contribution >= 4 is 103 Å². The van der Waals surface area contributed by atoms with Gasteiger partial charge >= 0.3 is 0 Å². The van der Waals surface area contributed by atoms with Gasteiger partial charge in [0, 0.05) is 91.7 Å². The first kappa shape index (κ1) is 52.8. The molecular weight excluding hydrogens is 1120 g/mol. The number of rotatable bonds is 2. The zero-order chi connectivity index (χ0) is 58.0. The Morgan fingerprint density at radius 3 is 1.33 bits per heavy atom. The summed E-state index contributed by atoms with van der Waals surface area (Å²) in [4.78, 5) is 7.07. The smallest absolute Gasteiger partial charge is 0.0641 e. The second-order valence-corrected chi connectivity index (χ2v) is 26.4. The van der Waals surface area contributed by atoms with E-state index in [4.69, 9.17) is 0 Å². The summed E-state index contributed by atoms with van der Waals surface area (Å²) in [5.74, 6) is 0. The van der Waals surface area contributed by atoms with E-state index < -0.39 is 0 Å². The first-order valence-electron chi connectivity index (χ1n) is 30.1. The zero-order valence-corrected chi connectivity index (χ0v) is 50.5. The van der Waals surface area contributed by atoms with Crippen LogP contribution >= 0.6 is 15.9 Å². The molecule has 2 N–H and O–H groups in total. The van der Waals surface area contributed by atoms with E-state index in [0.717, 1.165) is 4.47 Å². The molecule has 0 radical (unpaired) electrons. The van der Waals surface area contributed by atoms with Crippen molar-refractivity contribution in [3.8, 4) is 44.8 Å². The van der Waals surface area contributed by atoms with E-state index >= 15 is 0 Å². The molecule has 0 bridgehead atoms. The zero-order valence-electron chi connectivity index (χ0n) is 48.9. The first-order chi connectivity index (χ1) is 41.9. The van der Waals surface area contributed by atoms with Gasteiger partial charge in [-0.05, 0) is 140 Å². The van der Waals surface area contributed by atoms with Crippen molar-refractivity contribution in [1.82, 2.24) is 19.1 Å². The third kappa shape index (κ3) is 7.55. The molecule has 0 amide bonds. The average Bonchev–Trinajstić information content (AvgIpc) is 1.59. The Labute approximate surface area is 515 Å². The molecule has 19 rings (SSSR count). The van der Waals surface area contributed by atoms with E-state index in [-0.39, 0.29) is 23.7 Å². The lowest BCUT2D eigenvalue weighted by atomic mass is 9.82. The maximum Gasteiger partial charge on any atom is 0.0641 e. The number of nitrogens with one attached hydrogen (secondary N) is 2. The molecule has 4 heterocycles. The summed E-state index contributed by atoms with van der Waals surface area (Å²) < 4.78 is 6.19. The van der Waals surface area contributed by atoms with E-state index in [1.54, 1.807) is 0 Å². The molecule has 0 saturated heterocycles. The number of aromatic nitrogens is 4. The Morgan fingerprint density at radius 1 is 0.299 bits per heavy atom. The molecule has 4 aromatic heterocycles. The van der Waals surface area contributed by atoms with Crippen LogP contribution in [0.5, 0.6) is 0 Å². The molecule has 3 aliphatic carbocycles. The van der Waals surface area contributed by atoms with Crippen molar-refractivity contribution in [2.75, 3.05) is 0 Å². The highest BCUT2D eigenvalue weighted by Crippen LogP contribution is 2.53. The number of fused-ring (bicyclic) bond motifs is 23.